The summed E-state index contributed by atoms with van der Waals surface area (Å²) in [7, 11) is 0. The minimum Gasteiger partial charge on any atom is -0.314 e. The summed E-state index contributed by atoms with van der Waals surface area (Å²) in [5, 5.41) is 3.67. The highest BCUT2D eigenvalue weighted by atomic mass is 15.1. The maximum atomic E-state index is 3.67. The Balaban J connectivity index is 1.75. The van der Waals surface area contributed by atoms with Crippen LogP contribution in [0.5, 0.6) is 0 Å². The van der Waals surface area contributed by atoms with Crippen LogP contribution in [0.4, 0.5) is 0 Å². The fourth-order valence-corrected chi connectivity index (χ4v) is 3.55. The predicted molar refractivity (Wildman–Crippen MR) is 74.3 cm³/mol. The van der Waals surface area contributed by atoms with Crippen LogP contribution < -0.4 is 5.32 Å². The fourth-order valence-electron chi connectivity index (χ4n) is 3.55. The molecule has 0 aromatic heterocycles. The van der Waals surface area contributed by atoms with Crippen LogP contribution in [0, 0.1) is 11.8 Å². The molecule has 1 heterocycles. The topological polar surface area (TPSA) is 15.3 Å². The van der Waals surface area contributed by atoms with Gasteiger partial charge in [-0.3, -0.25) is 0 Å². The molecular weight excluding hydrogens is 208 g/mol. The summed E-state index contributed by atoms with van der Waals surface area (Å²) >= 11 is 0. The minimum absolute atomic E-state index is 0.764. The van der Waals surface area contributed by atoms with E-state index < -0.39 is 0 Å². The summed E-state index contributed by atoms with van der Waals surface area (Å²) in [6, 6.07) is 0.764. The first-order valence-electron chi connectivity index (χ1n) is 7.73. The van der Waals surface area contributed by atoms with Gasteiger partial charge < -0.3 is 10.2 Å². The minimum atomic E-state index is 0.764. The maximum absolute atomic E-state index is 3.67. The largest absolute Gasteiger partial charge is 0.314 e. The van der Waals surface area contributed by atoms with E-state index in [9.17, 15) is 0 Å². The standard InChI is InChI=1S/C15H30N2/c1-3-15-7-10-17(9-4-8-16-15)12-14-6-5-13(2)11-14/h13-16H,3-12H2,1-2H3. The Bertz CT molecular complexity index is 217. The van der Waals surface area contributed by atoms with Crippen molar-refractivity contribution < 1.29 is 0 Å². The van der Waals surface area contributed by atoms with Gasteiger partial charge in [-0.15, -0.1) is 0 Å². The Labute approximate surface area is 107 Å². The molecule has 2 aliphatic rings. The number of rotatable bonds is 3. The van der Waals surface area contributed by atoms with Crippen molar-refractivity contribution >= 4 is 0 Å². The number of nitrogens with one attached hydrogen (secondary N) is 1. The van der Waals surface area contributed by atoms with E-state index >= 15 is 0 Å². The van der Waals surface area contributed by atoms with Crippen LogP contribution in [-0.4, -0.2) is 37.1 Å². The fraction of sp³-hybridized carbons (Fsp3) is 1.00. The zero-order valence-electron chi connectivity index (χ0n) is 11.8. The van der Waals surface area contributed by atoms with Crippen molar-refractivity contribution in [3.8, 4) is 0 Å². The molecule has 2 fully saturated rings. The summed E-state index contributed by atoms with van der Waals surface area (Å²) < 4.78 is 0. The van der Waals surface area contributed by atoms with Crippen molar-refractivity contribution in [2.24, 2.45) is 11.8 Å². The van der Waals surface area contributed by atoms with Crippen LogP contribution in [0.25, 0.3) is 0 Å². The Morgan fingerprint density at radius 1 is 1.18 bits per heavy atom. The Morgan fingerprint density at radius 3 is 2.76 bits per heavy atom. The summed E-state index contributed by atoms with van der Waals surface area (Å²) in [6.07, 6.45) is 8.39. The molecule has 17 heavy (non-hydrogen) atoms. The van der Waals surface area contributed by atoms with Crippen molar-refractivity contribution in [1.29, 1.82) is 0 Å². The predicted octanol–water partition coefficient (Wildman–Crippen LogP) is 2.89. The monoisotopic (exact) mass is 238 g/mol. The Hall–Kier alpha value is -0.0800. The van der Waals surface area contributed by atoms with Crippen molar-refractivity contribution in [2.75, 3.05) is 26.2 Å². The van der Waals surface area contributed by atoms with Gasteiger partial charge in [-0.1, -0.05) is 20.3 Å². The molecule has 0 bridgehead atoms. The van der Waals surface area contributed by atoms with Gasteiger partial charge in [0.2, 0.25) is 0 Å². The second kappa shape index (κ2) is 6.75. The first-order valence-corrected chi connectivity index (χ1v) is 7.73. The van der Waals surface area contributed by atoms with E-state index in [1.807, 2.05) is 0 Å². The summed E-state index contributed by atoms with van der Waals surface area (Å²) in [5.41, 5.74) is 0. The molecule has 3 atom stereocenters. The van der Waals surface area contributed by atoms with Crippen molar-refractivity contribution in [1.82, 2.24) is 10.2 Å². The van der Waals surface area contributed by atoms with E-state index in [-0.39, 0.29) is 0 Å². The zero-order valence-corrected chi connectivity index (χ0v) is 11.8. The lowest BCUT2D eigenvalue weighted by atomic mass is 10.0. The normalized spacial score (nSPS) is 36.7. The molecule has 1 N–H and O–H groups in total. The molecule has 2 rings (SSSR count). The average Bonchev–Trinajstić information content (AvgIpc) is 2.69. The highest BCUT2D eigenvalue weighted by molar-refractivity contribution is 4.78. The summed E-state index contributed by atoms with van der Waals surface area (Å²) in [6.45, 7) is 9.95. The summed E-state index contributed by atoms with van der Waals surface area (Å²) in [4.78, 5) is 2.74. The van der Waals surface area contributed by atoms with Crippen LogP contribution in [0.1, 0.15) is 52.4 Å². The molecule has 0 spiro atoms. The first-order chi connectivity index (χ1) is 8.28. The van der Waals surface area contributed by atoms with Gasteiger partial charge in [-0.25, -0.2) is 0 Å². The molecule has 1 aliphatic carbocycles. The van der Waals surface area contributed by atoms with Crippen LogP contribution in [0.2, 0.25) is 0 Å². The highest BCUT2D eigenvalue weighted by Crippen LogP contribution is 2.31. The smallest absolute Gasteiger partial charge is 0.00766 e. The number of nitrogens with zero attached hydrogens (tertiary/aromatic N) is 1. The van der Waals surface area contributed by atoms with Crippen LogP contribution in [0.3, 0.4) is 0 Å². The van der Waals surface area contributed by atoms with Crippen molar-refractivity contribution in [3.63, 3.8) is 0 Å². The second-order valence-corrected chi connectivity index (χ2v) is 6.29. The van der Waals surface area contributed by atoms with Gasteiger partial charge in [0, 0.05) is 12.6 Å². The molecule has 2 heteroatoms. The van der Waals surface area contributed by atoms with Gasteiger partial charge in [0.05, 0.1) is 0 Å². The third-order valence-electron chi connectivity index (χ3n) is 4.69. The molecule has 0 aromatic rings. The second-order valence-electron chi connectivity index (χ2n) is 6.29. The molecular formula is C15H30N2. The molecule has 1 aliphatic heterocycles. The lowest BCUT2D eigenvalue weighted by Crippen LogP contribution is -2.41. The Kier molecular flexibility index (Phi) is 5.30. The Morgan fingerprint density at radius 2 is 2.06 bits per heavy atom. The van der Waals surface area contributed by atoms with Gasteiger partial charge in [0.1, 0.15) is 0 Å². The first kappa shape index (κ1) is 13.4. The molecule has 1 saturated carbocycles. The highest BCUT2D eigenvalue weighted by Gasteiger charge is 2.24. The SMILES string of the molecule is CCC1CCN(CC2CCC(C)C2)CCCN1. The molecule has 100 valence electrons. The molecule has 0 aromatic carbocycles. The van der Waals surface area contributed by atoms with Gasteiger partial charge in [0.15, 0.2) is 0 Å². The molecule has 3 unspecified atom stereocenters. The third kappa shape index (κ3) is 4.26. The third-order valence-corrected chi connectivity index (χ3v) is 4.69. The van der Waals surface area contributed by atoms with E-state index in [1.165, 1.54) is 64.7 Å². The van der Waals surface area contributed by atoms with Crippen molar-refractivity contribution in [3.05, 3.63) is 0 Å². The van der Waals surface area contributed by atoms with E-state index in [0.717, 1.165) is 17.9 Å². The summed E-state index contributed by atoms with van der Waals surface area (Å²) in [5.74, 6) is 1.98. The van der Waals surface area contributed by atoms with Crippen LogP contribution in [0.15, 0.2) is 0 Å². The lowest BCUT2D eigenvalue weighted by Gasteiger charge is -2.30. The zero-order chi connectivity index (χ0) is 12.1. The average molecular weight is 238 g/mol. The van der Waals surface area contributed by atoms with E-state index in [0.29, 0.717) is 0 Å². The molecule has 0 amide bonds. The van der Waals surface area contributed by atoms with Gasteiger partial charge in [-0.05, 0) is 63.6 Å². The van der Waals surface area contributed by atoms with E-state index in [2.05, 4.69) is 24.1 Å². The number of hydrogen-bond acceptors (Lipinski definition) is 2. The quantitative estimate of drug-likeness (QED) is 0.813. The lowest BCUT2D eigenvalue weighted by molar-refractivity contribution is 0.200. The van der Waals surface area contributed by atoms with Gasteiger partial charge in [0.25, 0.3) is 0 Å². The van der Waals surface area contributed by atoms with E-state index in [4.69, 9.17) is 0 Å². The maximum Gasteiger partial charge on any atom is 0.00766 e. The molecule has 1 saturated heterocycles. The van der Waals surface area contributed by atoms with Gasteiger partial charge >= 0.3 is 0 Å². The number of hydrogen-bond donors (Lipinski definition) is 1. The molecule has 0 radical (unpaired) electrons. The van der Waals surface area contributed by atoms with Crippen molar-refractivity contribution in [2.45, 2.75) is 58.4 Å². The van der Waals surface area contributed by atoms with Gasteiger partial charge in [-0.2, -0.15) is 0 Å². The van der Waals surface area contributed by atoms with Crippen LogP contribution in [-0.2, 0) is 0 Å². The van der Waals surface area contributed by atoms with E-state index in [1.54, 1.807) is 0 Å². The molecule has 2 nitrogen and oxygen atoms in total. The van der Waals surface area contributed by atoms with Crippen LogP contribution >= 0.6 is 0 Å².